The SMILES string of the molecule is CCC(=O)c1c(Cl)c(Cl)c(Cl)c(Cl)c1C(C)=O. The second-order valence-electron chi connectivity index (χ2n) is 3.34. The largest absolute Gasteiger partial charge is 0.294 e. The van der Waals surface area contributed by atoms with Crippen molar-refractivity contribution in [2.75, 3.05) is 0 Å². The van der Waals surface area contributed by atoms with Gasteiger partial charge in [-0.2, -0.15) is 0 Å². The van der Waals surface area contributed by atoms with E-state index in [-0.39, 0.29) is 49.2 Å². The molecule has 0 heterocycles. The van der Waals surface area contributed by atoms with E-state index in [1.807, 2.05) is 0 Å². The summed E-state index contributed by atoms with van der Waals surface area (Å²) in [6.45, 7) is 2.94. The first kappa shape index (κ1) is 14.8. The molecule has 6 heteroatoms. The van der Waals surface area contributed by atoms with Crippen molar-refractivity contribution in [3.63, 3.8) is 0 Å². The molecule has 0 N–H and O–H groups in total. The lowest BCUT2D eigenvalue weighted by molar-refractivity contribution is 0.0966. The van der Waals surface area contributed by atoms with E-state index in [1.54, 1.807) is 6.92 Å². The maximum atomic E-state index is 11.8. The van der Waals surface area contributed by atoms with Gasteiger partial charge in [-0.15, -0.1) is 0 Å². The van der Waals surface area contributed by atoms with E-state index in [4.69, 9.17) is 46.4 Å². The molecule has 0 aromatic heterocycles. The minimum Gasteiger partial charge on any atom is -0.294 e. The zero-order valence-corrected chi connectivity index (χ0v) is 12.1. The predicted octanol–water partition coefficient (Wildman–Crippen LogP) is 5.10. The zero-order chi connectivity index (χ0) is 13.3. The van der Waals surface area contributed by atoms with Crippen LogP contribution in [0, 0.1) is 0 Å². The van der Waals surface area contributed by atoms with E-state index >= 15 is 0 Å². The number of halogens is 4. The Morgan fingerprint density at radius 2 is 1.29 bits per heavy atom. The highest BCUT2D eigenvalue weighted by Crippen LogP contribution is 2.42. The fourth-order valence-corrected chi connectivity index (χ4v) is 2.49. The van der Waals surface area contributed by atoms with Crippen LogP contribution in [0.25, 0.3) is 0 Å². The van der Waals surface area contributed by atoms with Crippen molar-refractivity contribution in [3.8, 4) is 0 Å². The van der Waals surface area contributed by atoms with Gasteiger partial charge in [-0.3, -0.25) is 9.59 Å². The molecule has 0 bridgehead atoms. The summed E-state index contributed by atoms with van der Waals surface area (Å²) < 4.78 is 0. The monoisotopic (exact) mass is 312 g/mol. The third kappa shape index (κ3) is 2.60. The molecular weight excluding hydrogens is 306 g/mol. The summed E-state index contributed by atoms with van der Waals surface area (Å²) in [5, 5.41) is -0.0974. The third-order valence-corrected chi connectivity index (χ3v) is 4.02. The Bertz CT molecular complexity index is 509. The summed E-state index contributed by atoms with van der Waals surface area (Å²) in [6, 6.07) is 0. The number of rotatable bonds is 3. The minimum absolute atomic E-state index is 0.0138. The lowest BCUT2D eigenvalue weighted by atomic mass is 9.99. The number of ketones is 2. The molecule has 0 saturated carbocycles. The smallest absolute Gasteiger partial charge is 0.164 e. The average Bonchev–Trinajstić information content (AvgIpc) is 2.29. The zero-order valence-electron chi connectivity index (χ0n) is 9.04. The Labute approximate surface area is 119 Å². The Morgan fingerprint density at radius 3 is 1.65 bits per heavy atom. The van der Waals surface area contributed by atoms with Crippen molar-refractivity contribution in [1.82, 2.24) is 0 Å². The number of carbonyl (C=O) groups is 2. The maximum Gasteiger partial charge on any atom is 0.164 e. The Kier molecular flexibility index (Phi) is 4.85. The number of carbonyl (C=O) groups excluding carboxylic acids is 2. The summed E-state index contributed by atoms with van der Waals surface area (Å²) in [5.41, 5.74) is 0.0685. The van der Waals surface area contributed by atoms with E-state index in [0.717, 1.165) is 0 Å². The van der Waals surface area contributed by atoms with Gasteiger partial charge in [0, 0.05) is 12.0 Å². The highest BCUT2D eigenvalue weighted by molar-refractivity contribution is 6.54. The van der Waals surface area contributed by atoms with E-state index in [0.29, 0.717) is 0 Å². The Morgan fingerprint density at radius 1 is 0.882 bits per heavy atom. The standard InChI is InChI=1S/C11H8Cl4O2/c1-3-5(17)7-6(4(2)16)8(12)10(14)11(15)9(7)13/h3H2,1-2H3. The van der Waals surface area contributed by atoms with Gasteiger partial charge in [0.15, 0.2) is 11.6 Å². The highest BCUT2D eigenvalue weighted by Gasteiger charge is 2.26. The second kappa shape index (κ2) is 5.57. The van der Waals surface area contributed by atoms with Crippen molar-refractivity contribution < 1.29 is 9.59 Å². The molecule has 1 aromatic carbocycles. The van der Waals surface area contributed by atoms with Crippen molar-refractivity contribution >= 4 is 58.0 Å². The van der Waals surface area contributed by atoms with Gasteiger partial charge in [0.2, 0.25) is 0 Å². The number of benzene rings is 1. The quantitative estimate of drug-likeness (QED) is 0.442. The van der Waals surface area contributed by atoms with Gasteiger partial charge in [0.25, 0.3) is 0 Å². The molecule has 0 spiro atoms. The molecule has 0 saturated heterocycles. The van der Waals surface area contributed by atoms with Gasteiger partial charge in [-0.1, -0.05) is 53.3 Å². The lowest BCUT2D eigenvalue weighted by Gasteiger charge is -2.13. The molecule has 1 rings (SSSR count). The number of hydrogen-bond donors (Lipinski definition) is 0. The Balaban J connectivity index is 3.78. The first-order chi connectivity index (χ1) is 7.82. The molecule has 0 aliphatic rings. The molecule has 0 fully saturated rings. The van der Waals surface area contributed by atoms with Crippen molar-refractivity contribution in [1.29, 1.82) is 0 Å². The van der Waals surface area contributed by atoms with Crippen LogP contribution in [0.15, 0.2) is 0 Å². The fourth-order valence-electron chi connectivity index (χ4n) is 1.40. The van der Waals surface area contributed by atoms with E-state index in [2.05, 4.69) is 0 Å². The van der Waals surface area contributed by atoms with Crippen LogP contribution in [0.3, 0.4) is 0 Å². The maximum absolute atomic E-state index is 11.8. The molecule has 0 aliphatic heterocycles. The number of hydrogen-bond acceptors (Lipinski definition) is 2. The topological polar surface area (TPSA) is 34.1 Å². The van der Waals surface area contributed by atoms with Gasteiger partial charge >= 0.3 is 0 Å². The van der Waals surface area contributed by atoms with Gasteiger partial charge in [-0.05, 0) is 6.92 Å². The van der Waals surface area contributed by atoms with Crippen LogP contribution in [0.1, 0.15) is 41.0 Å². The molecule has 0 atom stereocenters. The molecule has 2 nitrogen and oxygen atoms in total. The van der Waals surface area contributed by atoms with E-state index in [1.165, 1.54) is 6.92 Å². The second-order valence-corrected chi connectivity index (χ2v) is 4.85. The van der Waals surface area contributed by atoms with Gasteiger partial charge in [0.05, 0.1) is 25.7 Å². The molecule has 1 aromatic rings. The Hall–Kier alpha value is -0.280. The summed E-state index contributed by atoms with van der Waals surface area (Å²) in [7, 11) is 0. The van der Waals surface area contributed by atoms with Crippen LogP contribution in [0.4, 0.5) is 0 Å². The predicted molar refractivity (Wildman–Crippen MR) is 71.1 cm³/mol. The number of Topliss-reactive ketones (excluding diaryl/α,β-unsaturated/α-hetero) is 2. The molecule has 0 unspecified atom stereocenters. The van der Waals surface area contributed by atoms with E-state index < -0.39 is 0 Å². The molecule has 0 aliphatic carbocycles. The van der Waals surface area contributed by atoms with Crippen LogP contribution in [0.2, 0.25) is 20.1 Å². The van der Waals surface area contributed by atoms with Crippen LogP contribution < -0.4 is 0 Å². The lowest BCUT2D eigenvalue weighted by Crippen LogP contribution is -2.09. The normalized spacial score (nSPS) is 10.5. The van der Waals surface area contributed by atoms with Crippen molar-refractivity contribution in [2.24, 2.45) is 0 Å². The summed E-state index contributed by atoms with van der Waals surface area (Å²) in [5.74, 6) is -0.687. The average molecular weight is 314 g/mol. The van der Waals surface area contributed by atoms with Crippen LogP contribution in [-0.2, 0) is 0 Å². The highest BCUT2D eigenvalue weighted by atomic mass is 35.5. The molecule has 17 heavy (non-hydrogen) atoms. The molecule has 92 valence electrons. The fraction of sp³-hybridized carbons (Fsp3) is 0.273. The summed E-state index contributed by atoms with van der Waals surface area (Å²) >= 11 is 23.6. The van der Waals surface area contributed by atoms with Crippen molar-refractivity contribution in [2.45, 2.75) is 20.3 Å². The molecular formula is C11H8Cl4O2. The first-order valence-corrected chi connectivity index (χ1v) is 6.24. The summed E-state index contributed by atoms with van der Waals surface area (Å²) in [4.78, 5) is 23.3. The van der Waals surface area contributed by atoms with Crippen LogP contribution in [0.5, 0.6) is 0 Å². The first-order valence-electron chi connectivity index (χ1n) is 4.72. The van der Waals surface area contributed by atoms with Crippen molar-refractivity contribution in [3.05, 3.63) is 31.2 Å². The molecule has 0 radical (unpaired) electrons. The van der Waals surface area contributed by atoms with Crippen LogP contribution >= 0.6 is 46.4 Å². The minimum atomic E-state index is -0.382. The summed E-state index contributed by atoms with van der Waals surface area (Å²) in [6.07, 6.45) is 0.189. The van der Waals surface area contributed by atoms with Gasteiger partial charge in [-0.25, -0.2) is 0 Å². The van der Waals surface area contributed by atoms with E-state index in [9.17, 15) is 9.59 Å². The third-order valence-electron chi connectivity index (χ3n) is 2.22. The van der Waals surface area contributed by atoms with Gasteiger partial charge in [0.1, 0.15) is 0 Å². The molecule has 0 amide bonds. The van der Waals surface area contributed by atoms with Gasteiger partial charge < -0.3 is 0 Å². The van der Waals surface area contributed by atoms with Crippen LogP contribution in [-0.4, -0.2) is 11.6 Å².